The van der Waals surface area contributed by atoms with Crippen LogP contribution in [0.25, 0.3) is 11.3 Å². The fourth-order valence-electron chi connectivity index (χ4n) is 0.958. The first-order valence-electron chi connectivity index (χ1n) is 3.43. The Morgan fingerprint density at radius 2 is 2.27 bits per heavy atom. The number of nitrogens with one attached hydrogen (secondary N) is 1. The Labute approximate surface area is 64.9 Å². The maximum atomic E-state index is 4.17. The highest BCUT2D eigenvalue weighted by Gasteiger charge is 1.95. The van der Waals surface area contributed by atoms with Crippen LogP contribution in [0, 0.1) is 6.20 Å². The summed E-state index contributed by atoms with van der Waals surface area (Å²) < 4.78 is 0. The second-order valence-corrected chi connectivity index (χ2v) is 2.23. The molecule has 0 aromatic carbocycles. The minimum atomic E-state index is 0.953. The highest BCUT2D eigenvalue weighted by atomic mass is 14.7. The summed E-state index contributed by atoms with van der Waals surface area (Å²) in [5.74, 6) is 0. The van der Waals surface area contributed by atoms with E-state index in [9.17, 15) is 0 Å². The number of aromatic nitrogens is 2. The average molecular weight is 143 g/mol. The molecule has 0 unspecified atom stereocenters. The molecule has 0 aliphatic rings. The van der Waals surface area contributed by atoms with Gasteiger partial charge in [0.2, 0.25) is 0 Å². The van der Waals surface area contributed by atoms with Gasteiger partial charge in [-0.3, -0.25) is 4.98 Å². The Morgan fingerprint density at radius 1 is 1.27 bits per heavy atom. The molecule has 0 aliphatic heterocycles. The Kier molecular flexibility index (Phi) is 1.44. The zero-order valence-corrected chi connectivity index (χ0v) is 5.91. The van der Waals surface area contributed by atoms with Crippen molar-refractivity contribution in [2.75, 3.05) is 0 Å². The first-order chi connectivity index (χ1) is 5.47. The maximum Gasteiger partial charge on any atom is 0.0724 e. The van der Waals surface area contributed by atoms with Crippen LogP contribution in [0.3, 0.4) is 0 Å². The molecule has 2 rings (SSSR count). The van der Waals surface area contributed by atoms with Crippen molar-refractivity contribution in [1.29, 1.82) is 0 Å². The number of rotatable bonds is 1. The Hall–Kier alpha value is -1.57. The molecule has 1 radical (unpaired) electrons. The molecule has 2 nitrogen and oxygen atoms in total. The van der Waals surface area contributed by atoms with Gasteiger partial charge in [-0.15, -0.1) is 0 Å². The lowest BCUT2D eigenvalue weighted by molar-refractivity contribution is 1.32. The summed E-state index contributed by atoms with van der Waals surface area (Å²) in [5, 5.41) is 0. The molecular formula is C9H7N2. The molecule has 2 aromatic heterocycles. The van der Waals surface area contributed by atoms with Crippen molar-refractivity contribution in [2.45, 2.75) is 0 Å². The van der Waals surface area contributed by atoms with Gasteiger partial charge in [-0.1, -0.05) is 6.07 Å². The van der Waals surface area contributed by atoms with Crippen LogP contribution < -0.4 is 0 Å². The van der Waals surface area contributed by atoms with Gasteiger partial charge in [-0.25, -0.2) is 0 Å². The SMILES string of the molecule is [c]1[nH]ccc1-c1ccccn1. The zero-order valence-electron chi connectivity index (χ0n) is 5.91. The summed E-state index contributed by atoms with van der Waals surface area (Å²) in [7, 11) is 0. The third kappa shape index (κ3) is 1.15. The quantitative estimate of drug-likeness (QED) is 0.648. The highest BCUT2D eigenvalue weighted by molar-refractivity contribution is 5.56. The molecule has 0 atom stereocenters. The van der Waals surface area contributed by atoms with Gasteiger partial charge < -0.3 is 4.98 Å². The molecule has 0 aliphatic carbocycles. The molecule has 2 heterocycles. The molecule has 2 heteroatoms. The minimum Gasteiger partial charge on any atom is -0.359 e. The van der Waals surface area contributed by atoms with E-state index in [2.05, 4.69) is 16.2 Å². The third-order valence-corrected chi connectivity index (χ3v) is 1.48. The summed E-state index contributed by atoms with van der Waals surface area (Å²) >= 11 is 0. The first kappa shape index (κ1) is 6.16. The number of pyridine rings is 1. The summed E-state index contributed by atoms with van der Waals surface area (Å²) in [4.78, 5) is 7.03. The number of aromatic amines is 1. The molecule has 0 saturated carbocycles. The van der Waals surface area contributed by atoms with Crippen molar-refractivity contribution >= 4 is 0 Å². The lowest BCUT2D eigenvalue weighted by Gasteiger charge is -1.91. The maximum absolute atomic E-state index is 4.17. The fraction of sp³-hybridized carbons (Fsp3) is 0. The molecule has 0 saturated heterocycles. The Bertz CT molecular complexity index is 311. The lowest BCUT2D eigenvalue weighted by atomic mass is 10.2. The first-order valence-corrected chi connectivity index (χ1v) is 3.43. The topological polar surface area (TPSA) is 28.7 Å². The van der Waals surface area contributed by atoms with Gasteiger partial charge in [0.15, 0.2) is 0 Å². The molecule has 1 N–H and O–H groups in total. The van der Waals surface area contributed by atoms with E-state index in [1.807, 2.05) is 30.5 Å². The molecular weight excluding hydrogens is 136 g/mol. The van der Waals surface area contributed by atoms with Crippen molar-refractivity contribution in [3.63, 3.8) is 0 Å². The van der Waals surface area contributed by atoms with Crippen molar-refractivity contribution in [3.8, 4) is 11.3 Å². The van der Waals surface area contributed by atoms with Gasteiger partial charge >= 0.3 is 0 Å². The number of nitrogens with zero attached hydrogens (tertiary/aromatic N) is 1. The predicted octanol–water partition coefficient (Wildman–Crippen LogP) is 1.88. The molecule has 53 valence electrons. The average Bonchev–Trinajstić information content (AvgIpc) is 2.58. The van der Waals surface area contributed by atoms with Crippen LogP contribution >= 0.6 is 0 Å². The molecule has 0 amide bonds. The fourth-order valence-corrected chi connectivity index (χ4v) is 0.958. The number of hydrogen-bond acceptors (Lipinski definition) is 1. The Balaban J connectivity index is 2.46. The van der Waals surface area contributed by atoms with Crippen LogP contribution in [-0.4, -0.2) is 9.97 Å². The van der Waals surface area contributed by atoms with E-state index in [0.29, 0.717) is 0 Å². The van der Waals surface area contributed by atoms with Gasteiger partial charge in [0.05, 0.1) is 11.9 Å². The van der Waals surface area contributed by atoms with E-state index >= 15 is 0 Å². The second kappa shape index (κ2) is 2.58. The van der Waals surface area contributed by atoms with Crippen LogP contribution in [0.4, 0.5) is 0 Å². The van der Waals surface area contributed by atoms with Crippen LogP contribution in [0.1, 0.15) is 0 Å². The number of H-pyrrole nitrogens is 1. The van der Waals surface area contributed by atoms with Crippen LogP contribution in [0.5, 0.6) is 0 Å². The Morgan fingerprint density at radius 3 is 2.91 bits per heavy atom. The standard InChI is InChI=1S/C9H7N2/c1-2-5-11-9(3-1)8-4-6-10-7-8/h1-6,10H. The largest absolute Gasteiger partial charge is 0.359 e. The second-order valence-electron chi connectivity index (χ2n) is 2.23. The van der Waals surface area contributed by atoms with Crippen LogP contribution in [0.2, 0.25) is 0 Å². The van der Waals surface area contributed by atoms with Crippen LogP contribution in [-0.2, 0) is 0 Å². The monoisotopic (exact) mass is 143 g/mol. The number of hydrogen-bond donors (Lipinski definition) is 1. The van der Waals surface area contributed by atoms with Crippen molar-refractivity contribution in [2.24, 2.45) is 0 Å². The van der Waals surface area contributed by atoms with E-state index in [0.717, 1.165) is 11.3 Å². The zero-order chi connectivity index (χ0) is 7.52. The smallest absolute Gasteiger partial charge is 0.0724 e. The van der Waals surface area contributed by atoms with Gasteiger partial charge in [0.1, 0.15) is 0 Å². The summed E-state index contributed by atoms with van der Waals surface area (Å²) in [6, 6.07) is 7.77. The van der Waals surface area contributed by atoms with Crippen molar-refractivity contribution in [1.82, 2.24) is 9.97 Å². The minimum absolute atomic E-state index is 0.953. The molecule has 2 aromatic rings. The third-order valence-electron chi connectivity index (χ3n) is 1.48. The van der Waals surface area contributed by atoms with Gasteiger partial charge in [-0.05, 0) is 18.2 Å². The van der Waals surface area contributed by atoms with Crippen LogP contribution in [0.15, 0.2) is 36.7 Å². The van der Waals surface area contributed by atoms with E-state index < -0.39 is 0 Å². The summed E-state index contributed by atoms with van der Waals surface area (Å²) in [5.41, 5.74) is 1.96. The van der Waals surface area contributed by atoms with Gasteiger partial charge in [0, 0.05) is 18.0 Å². The molecule has 0 fully saturated rings. The van der Waals surface area contributed by atoms with Gasteiger partial charge in [-0.2, -0.15) is 0 Å². The summed E-state index contributed by atoms with van der Waals surface area (Å²) in [6.45, 7) is 0. The normalized spacial score (nSPS) is 9.82. The molecule has 11 heavy (non-hydrogen) atoms. The van der Waals surface area contributed by atoms with Gasteiger partial charge in [0.25, 0.3) is 0 Å². The van der Waals surface area contributed by atoms with E-state index in [1.54, 1.807) is 6.20 Å². The molecule has 0 spiro atoms. The summed E-state index contributed by atoms with van der Waals surface area (Å²) in [6.07, 6.45) is 6.58. The van der Waals surface area contributed by atoms with Crippen molar-refractivity contribution in [3.05, 3.63) is 42.9 Å². The predicted molar refractivity (Wildman–Crippen MR) is 42.9 cm³/mol. The lowest BCUT2D eigenvalue weighted by Crippen LogP contribution is -1.77. The van der Waals surface area contributed by atoms with Crippen molar-refractivity contribution < 1.29 is 0 Å². The van der Waals surface area contributed by atoms with E-state index in [4.69, 9.17) is 0 Å². The van der Waals surface area contributed by atoms with E-state index in [1.165, 1.54) is 0 Å². The molecule has 0 bridgehead atoms. The van der Waals surface area contributed by atoms with E-state index in [-0.39, 0.29) is 0 Å². The highest BCUT2D eigenvalue weighted by Crippen LogP contribution is 2.12.